The second kappa shape index (κ2) is 6.90. The van der Waals surface area contributed by atoms with Crippen LogP contribution < -0.4 is 11.1 Å². The first-order chi connectivity index (χ1) is 10.1. The quantitative estimate of drug-likeness (QED) is 0.830. The highest BCUT2D eigenvalue weighted by atomic mass is 16.5. The SMILES string of the molecule is COCc1ccccc1CNC(=O)c1ccc(N)cc1C. The average Bonchev–Trinajstić information content (AvgIpc) is 2.46. The van der Waals surface area contributed by atoms with E-state index in [9.17, 15) is 4.79 Å². The van der Waals surface area contributed by atoms with Gasteiger partial charge in [0.1, 0.15) is 0 Å². The molecule has 0 aliphatic carbocycles. The number of methoxy groups -OCH3 is 1. The van der Waals surface area contributed by atoms with Crippen molar-refractivity contribution in [1.82, 2.24) is 5.32 Å². The summed E-state index contributed by atoms with van der Waals surface area (Å²) in [5, 5.41) is 2.94. The molecule has 2 rings (SSSR count). The van der Waals surface area contributed by atoms with Crippen LogP contribution >= 0.6 is 0 Å². The van der Waals surface area contributed by atoms with Gasteiger partial charge in [-0.15, -0.1) is 0 Å². The topological polar surface area (TPSA) is 64.3 Å². The Hall–Kier alpha value is -2.33. The normalized spacial score (nSPS) is 10.4. The molecule has 0 spiro atoms. The molecule has 0 unspecified atom stereocenters. The molecular formula is C17H20N2O2. The third-order valence-corrected chi connectivity index (χ3v) is 3.35. The lowest BCUT2D eigenvalue weighted by molar-refractivity contribution is 0.0950. The second-order valence-corrected chi connectivity index (χ2v) is 4.96. The van der Waals surface area contributed by atoms with Gasteiger partial charge in [0, 0.05) is 24.9 Å². The highest BCUT2D eigenvalue weighted by molar-refractivity contribution is 5.95. The number of benzene rings is 2. The zero-order valence-corrected chi connectivity index (χ0v) is 12.3. The van der Waals surface area contributed by atoms with E-state index >= 15 is 0 Å². The number of carbonyl (C=O) groups excluding carboxylic acids is 1. The summed E-state index contributed by atoms with van der Waals surface area (Å²) in [6.45, 7) is 2.89. The zero-order chi connectivity index (χ0) is 15.2. The molecule has 0 fully saturated rings. The molecule has 0 aliphatic rings. The minimum absolute atomic E-state index is 0.0975. The summed E-state index contributed by atoms with van der Waals surface area (Å²) in [7, 11) is 1.66. The van der Waals surface area contributed by atoms with Crippen molar-refractivity contribution < 1.29 is 9.53 Å². The number of hydrogen-bond donors (Lipinski definition) is 2. The van der Waals surface area contributed by atoms with Crippen molar-refractivity contribution in [3.63, 3.8) is 0 Å². The molecule has 2 aromatic carbocycles. The van der Waals surface area contributed by atoms with Gasteiger partial charge in [-0.1, -0.05) is 24.3 Å². The molecule has 0 aromatic heterocycles. The van der Waals surface area contributed by atoms with Crippen LogP contribution in [0, 0.1) is 6.92 Å². The fraction of sp³-hybridized carbons (Fsp3) is 0.235. The third-order valence-electron chi connectivity index (χ3n) is 3.35. The van der Waals surface area contributed by atoms with Crippen LogP contribution in [0.2, 0.25) is 0 Å². The largest absolute Gasteiger partial charge is 0.399 e. The molecule has 0 radical (unpaired) electrons. The first-order valence-electron chi connectivity index (χ1n) is 6.82. The fourth-order valence-electron chi connectivity index (χ4n) is 2.24. The molecule has 0 atom stereocenters. The van der Waals surface area contributed by atoms with Crippen molar-refractivity contribution in [2.45, 2.75) is 20.1 Å². The standard InChI is InChI=1S/C17H20N2O2/c1-12-9-15(18)7-8-16(12)17(20)19-10-13-5-3-4-6-14(13)11-21-2/h3-9H,10-11,18H2,1-2H3,(H,19,20). The Labute approximate surface area is 124 Å². The van der Waals surface area contributed by atoms with Crippen LogP contribution in [0.25, 0.3) is 0 Å². The van der Waals surface area contributed by atoms with Gasteiger partial charge in [0.05, 0.1) is 6.61 Å². The zero-order valence-electron chi connectivity index (χ0n) is 12.3. The van der Waals surface area contributed by atoms with E-state index in [0.29, 0.717) is 24.4 Å². The number of nitrogens with two attached hydrogens (primary N) is 1. The molecule has 110 valence electrons. The highest BCUT2D eigenvalue weighted by Gasteiger charge is 2.09. The molecule has 21 heavy (non-hydrogen) atoms. The predicted molar refractivity (Wildman–Crippen MR) is 83.9 cm³/mol. The van der Waals surface area contributed by atoms with Crippen molar-refractivity contribution >= 4 is 11.6 Å². The number of rotatable bonds is 5. The number of carbonyl (C=O) groups is 1. The van der Waals surface area contributed by atoms with Crippen LogP contribution in [0.4, 0.5) is 5.69 Å². The number of aryl methyl sites for hydroxylation is 1. The van der Waals surface area contributed by atoms with Gasteiger partial charge >= 0.3 is 0 Å². The van der Waals surface area contributed by atoms with Crippen LogP contribution in [0.1, 0.15) is 27.0 Å². The Morgan fingerprint density at radius 1 is 1.19 bits per heavy atom. The minimum Gasteiger partial charge on any atom is -0.399 e. The Kier molecular flexibility index (Phi) is 4.95. The summed E-state index contributed by atoms with van der Waals surface area (Å²) >= 11 is 0. The lowest BCUT2D eigenvalue weighted by atomic mass is 10.1. The van der Waals surface area contributed by atoms with Gasteiger partial charge in [0.25, 0.3) is 5.91 Å². The Morgan fingerprint density at radius 3 is 2.57 bits per heavy atom. The van der Waals surface area contributed by atoms with E-state index in [-0.39, 0.29) is 5.91 Å². The average molecular weight is 284 g/mol. The molecule has 3 N–H and O–H groups in total. The molecular weight excluding hydrogens is 264 g/mol. The summed E-state index contributed by atoms with van der Waals surface area (Å²) in [6, 6.07) is 13.2. The maximum Gasteiger partial charge on any atom is 0.251 e. The van der Waals surface area contributed by atoms with Crippen molar-refractivity contribution in [1.29, 1.82) is 0 Å². The number of amides is 1. The van der Waals surface area contributed by atoms with Crippen LogP contribution in [0.15, 0.2) is 42.5 Å². The fourth-order valence-corrected chi connectivity index (χ4v) is 2.24. The maximum absolute atomic E-state index is 12.2. The van der Waals surface area contributed by atoms with Crippen LogP contribution in [0.5, 0.6) is 0 Å². The van der Waals surface area contributed by atoms with Gasteiger partial charge in [0.15, 0.2) is 0 Å². The van der Waals surface area contributed by atoms with E-state index in [4.69, 9.17) is 10.5 Å². The van der Waals surface area contributed by atoms with Gasteiger partial charge < -0.3 is 15.8 Å². The molecule has 2 aromatic rings. The van der Waals surface area contributed by atoms with E-state index in [2.05, 4.69) is 5.32 Å². The summed E-state index contributed by atoms with van der Waals surface area (Å²) in [5.41, 5.74) is 10.0. The number of anilines is 1. The number of hydrogen-bond acceptors (Lipinski definition) is 3. The number of nitrogen functional groups attached to an aromatic ring is 1. The Balaban J connectivity index is 2.07. The number of ether oxygens (including phenoxy) is 1. The molecule has 0 aliphatic heterocycles. The molecule has 0 saturated carbocycles. The molecule has 1 amide bonds. The van der Waals surface area contributed by atoms with E-state index < -0.39 is 0 Å². The smallest absolute Gasteiger partial charge is 0.251 e. The molecule has 0 heterocycles. The van der Waals surface area contributed by atoms with Gasteiger partial charge in [0.2, 0.25) is 0 Å². The molecule has 4 nitrogen and oxygen atoms in total. The number of nitrogens with one attached hydrogen (secondary N) is 1. The molecule has 4 heteroatoms. The molecule has 0 saturated heterocycles. The van der Waals surface area contributed by atoms with Crippen LogP contribution in [-0.4, -0.2) is 13.0 Å². The van der Waals surface area contributed by atoms with Gasteiger partial charge in [-0.2, -0.15) is 0 Å². The monoisotopic (exact) mass is 284 g/mol. The lowest BCUT2D eigenvalue weighted by Crippen LogP contribution is -2.24. The summed E-state index contributed by atoms with van der Waals surface area (Å²) < 4.78 is 5.17. The van der Waals surface area contributed by atoms with E-state index in [1.807, 2.05) is 31.2 Å². The van der Waals surface area contributed by atoms with Crippen molar-refractivity contribution in [2.75, 3.05) is 12.8 Å². The van der Waals surface area contributed by atoms with Crippen molar-refractivity contribution in [3.8, 4) is 0 Å². The van der Waals surface area contributed by atoms with Gasteiger partial charge in [-0.3, -0.25) is 4.79 Å². The predicted octanol–water partition coefficient (Wildman–Crippen LogP) is 2.65. The Morgan fingerprint density at radius 2 is 1.90 bits per heavy atom. The first-order valence-corrected chi connectivity index (χ1v) is 6.82. The lowest BCUT2D eigenvalue weighted by Gasteiger charge is -2.11. The molecule has 0 bridgehead atoms. The third kappa shape index (κ3) is 3.83. The van der Waals surface area contributed by atoms with Crippen molar-refractivity contribution in [2.24, 2.45) is 0 Å². The maximum atomic E-state index is 12.2. The van der Waals surface area contributed by atoms with E-state index in [0.717, 1.165) is 16.7 Å². The summed E-state index contributed by atoms with van der Waals surface area (Å²) in [5.74, 6) is -0.0975. The van der Waals surface area contributed by atoms with Gasteiger partial charge in [-0.25, -0.2) is 0 Å². The first kappa shape index (κ1) is 15.1. The van der Waals surface area contributed by atoms with Gasteiger partial charge in [-0.05, 0) is 41.8 Å². The minimum atomic E-state index is -0.0975. The van der Waals surface area contributed by atoms with Crippen LogP contribution in [0.3, 0.4) is 0 Å². The highest BCUT2D eigenvalue weighted by Crippen LogP contribution is 2.13. The van der Waals surface area contributed by atoms with E-state index in [1.165, 1.54) is 0 Å². The van der Waals surface area contributed by atoms with Crippen LogP contribution in [-0.2, 0) is 17.9 Å². The summed E-state index contributed by atoms with van der Waals surface area (Å²) in [4.78, 5) is 12.2. The summed E-state index contributed by atoms with van der Waals surface area (Å²) in [6.07, 6.45) is 0. The Bertz CT molecular complexity index is 638. The van der Waals surface area contributed by atoms with Crippen molar-refractivity contribution in [3.05, 3.63) is 64.7 Å². The second-order valence-electron chi connectivity index (χ2n) is 4.96. The van der Waals surface area contributed by atoms with E-state index in [1.54, 1.807) is 25.3 Å².